The minimum atomic E-state index is -1.16. The number of rotatable bonds is 18. The molecule has 0 aliphatic carbocycles. The molecule has 1 saturated heterocycles. The maximum Gasteiger partial charge on any atom is 0.404 e. The van der Waals surface area contributed by atoms with E-state index in [1.165, 1.54) is 41.2 Å². The Morgan fingerprint density at radius 1 is 0.865 bits per heavy atom. The first-order valence-corrected chi connectivity index (χ1v) is 25.2. The number of hydrogen-bond donors (Lipinski definition) is 5. The summed E-state index contributed by atoms with van der Waals surface area (Å²) in [5, 5.41) is 18.1. The Bertz CT molecular complexity index is 3270. The molecule has 3 amide bonds. The van der Waals surface area contributed by atoms with Crippen molar-refractivity contribution in [3.05, 3.63) is 234 Å². The minimum absolute atomic E-state index is 0.0108. The number of benzene rings is 5. The summed E-state index contributed by atoms with van der Waals surface area (Å²) in [5.41, 5.74) is 6.26. The molecule has 0 bridgehead atoms. The van der Waals surface area contributed by atoms with Crippen LogP contribution in [-0.4, -0.2) is 85.1 Å². The van der Waals surface area contributed by atoms with E-state index >= 15 is 0 Å². The van der Waals surface area contributed by atoms with E-state index in [-0.39, 0.29) is 52.3 Å². The van der Waals surface area contributed by atoms with Crippen molar-refractivity contribution in [3.8, 4) is 0 Å². The van der Waals surface area contributed by atoms with E-state index in [2.05, 4.69) is 38.6 Å². The number of H-pyrrole nitrogens is 1. The topological polar surface area (TPSA) is 242 Å². The van der Waals surface area contributed by atoms with Gasteiger partial charge in [-0.15, -0.1) is 35.7 Å². The number of thiazole rings is 1. The summed E-state index contributed by atoms with van der Waals surface area (Å²) in [4.78, 5) is 91.7. The average molecular weight is 1050 g/mol. The third kappa shape index (κ3) is 10.4. The molecule has 2 aliphatic rings. The van der Waals surface area contributed by atoms with Crippen LogP contribution < -0.4 is 27.5 Å². The number of β-lactam (4-membered cyclic amide) rings is 1. The van der Waals surface area contributed by atoms with Crippen molar-refractivity contribution in [2.45, 2.75) is 29.6 Å². The van der Waals surface area contributed by atoms with E-state index in [1.807, 2.05) is 152 Å². The quantitative estimate of drug-likeness (QED) is 0.0123. The van der Waals surface area contributed by atoms with E-state index in [1.54, 1.807) is 5.38 Å². The highest BCUT2D eigenvalue weighted by molar-refractivity contribution is 8.00. The maximum absolute atomic E-state index is 14.8. The van der Waals surface area contributed by atoms with Gasteiger partial charge in [-0.1, -0.05) is 157 Å². The Labute approximate surface area is 436 Å². The van der Waals surface area contributed by atoms with E-state index < -0.39 is 58.1 Å². The van der Waals surface area contributed by atoms with Crippen LogP contribution >= 0.6 is 35.7 Å². The highest BCUT2D eigenvalue weighted by Crippen LogP contribution is 2.44. The number of anilines is 1. The maximum atomic E-state index is 14.8. The zero-order chi connectivity index (χ0) is 51.8. The molecule has 5 N–H and O–H groups in total. The molecule has 0 spiro atoms. The fourth-order valence-electron chi connectivity index (χ4n) is 8.68. The van der Waals surface area contributed by atoms with Crippen LogP contribution in [0.4, 0.5) is 9.93 Å². The Hall–Kier alpha value is -8.53. The monoisotopic (exact) mass is 1050 g/mol. The number of thioether (sulfide) groups is 1. The molecule has 2 atom stereocenters. The third-order valence-corrected chi connectivity index (χ3v) is 14.4. The Morgan fingerprint density at radius 2 is 1.42 bits per heavy atom. The molecule has 0 saturated carbocycles. The normalized spacial score (nSPS) is 15.7. The molecule has 7 aromatic rings. The van der Waals surface area contributed by atoms with Crippen LogP contribution in [0.1, 0.15) is 45.4 Å². The van der Waals surface area contributed by atoms with Crippen molar-refractivity contribution < 1.29 is 33.5 Å². The van der Waals surface area contributed by atoms with Crippen molar-refractivity contribution >= 4 is 75.4 Å². The number of aromatic amines is 1. The second-order valence-corrected chi connectivity index (χ2v) is 19.0. The van der Waals surface area contributed by atoms with Gasteiger partial charge in [-0.05, 0) is 39.5 Å². The molecule has 5 aromatic carbocycles. The molecule has 0 radical (unpaired) electrons. The molecule has 9 rings (SSSR count). The highest BCUT2D eigenvalue weighted by atomic mass is 32.2. The van der Waals surface area contributed by atoms with Gasteiger partial charge in [0, 0.05) is 16.0 Å². The predicted molar refractivity (Wildman–Crippen MR) is 283 cm³/mol. The lowest BCUT2D eigenvalue weighted by atomic mass is 9.77. The smallest absolute Gasteiger partial charge is 0.404 e. The standard InChI is InChI=1S/C53H45N9O9S3/c1-69-60-40(38-31-74-52(55-38)57-53(35-21-11-4-12-22-35,36-23-13-5-14-24-36)37-25-15-6-16-26-37)45(63)56-41-47(65)62-42(50(67)71-43(32-17-7-2-8-18-32)33-19-9-3-10-20-33)34(30-73-49(41)62)29-39(72)44-58-59-46(64)48(66)61(44)27-28-70-51(54)68/h2-26,29,31,41,43,49,72H,27-28,30H2,1H3,(H2,54,68)(H,55,57)(H,56,63)(H,59,64). The molecular weight excluding hydrogens is 1000 g/mol. The van der Waals surface area contributed by atoms with Gasteiger partial charge in [0.1, 0.15) is 42.1 Å². The Balaban J connectivity index is 1.03. The number of primary amides is 1. The predicted octanol–water partition coefficient (Wildman–Crippen LogP) is 6.20. The summed E-state index contributed by atoms with van der Waals surface area (Å²) in [6, 6.07) is 46.8. The first-order valence-electron chi connectivity index (χ1n) is 22.8. The molecule has 2 aromatic heterocycles. The summed E-state index contributed by atoms with van der Waals surface area (Å²) in [6.45, 7) is -0.696. The van der Waals surface area contributed by atoms with Crippen LogP contribution in [-0.2, 0) is 40.8 Å². The zero-order valence-corrected chi connectivity index (χ0v) is 41.7. The Kier molecular flexibility index (Phi) is 15.3. The van der Waals surface area contributed by atoms with Gasteiger partial charge >= 0.3 is 23.2 Å². The fraction of sp³-hybridized carbons (Fsp3) is 0.151. The van der Waals surface area contributed by atoms with Gasteiger partial charge < -0.3 is 30.7 Å². The van der Waals surface area contributed by atoms with Crippen molar-refractivity contribution in [2.24, 2.45) is 10.9 Å². The number of esters is 1. The highest BCUT2D eigenvalue weighted by Gasteiger charge is 2.55. The van der Waals surface area contributed by atoms with Gasteiger partial charge in [0.25, 0.3) is 11.8 Å². The Morgan fingerprint density at radius 3 is 1.96 bits per heavy atom. The third-order valence-electron chi connectivity index (χ3n) is 12.0. The summed E-state index contributed by atoms with van der Waals surface area (Å²) in [5.74, 6) is -2.40. The van der Waals surface area contributed by atoms with E-state index in [4.69, 9.17) is 25.0 Å². The molecular formula is C53H45N9O9S3. The number of carbonyl (C=O) groups excluding carboxylic acids is 4. The van der Waals surface area contributed by atoms with Crippen LogP contribution in [0.25, 0.3) is 4.91 Å². The van der Waals surface area contributed by atoms with Gasteiger partial charge in [0.15, 0.2) is 22.8 Å². The van der Waals surface area contributed by atoms with Gasteiger partial charge in [-0.25, -0.2) is 19.7 Å². The fourth-order valence-corrected chi connectivity index (χ4v) is 11.1. The molecule has 1 fully saturated rings. The minimum Gasteiger partial charge on any atom is -0.448 e. The van der Waals surface area contributed by atoms with E-state index in [9.17, 15) is 28.8 Å². The molecule has 2 aliphatic heterocycles. The van der Waals surface area contributed by atoms with Crippen molar-refractivity contribution in [2.75, 3.05) is 24.8 Å². The molecule has 18 nitrogen and oxygen atoms in total. The number of oxime groups is 1. The number of nitrogens with one attached hydrogen (secondary N) is 3. The lowest BCUT2D eigenvalue weighted by Crippen LogP contribution is -2.71. The van der Waals surface area contributed by atoms with Crippen molar-refractivity contribution in [1.82, 2.24) is 30.0 Å². The summed E-state index contributed by atoms with van der Waals surface area (Å²) in [7, 11) is 1.29. The number of ether oxygens (including phenoxy) is 2. The largest absolute Gasteiger partial charge is 0.448 e. The number of hydrogen-bond acceptors (Lipinski definition) is 16. The second kappa shape index (κ2) is 22.5. The number of fused-ring (bicyclic) bond motifs is 1. The van der Waals surface area contributed by atoms with Gasteiger partial charge in [-0.2, -0.15) is 5.10 Å². The second-order valence-electron chi connectivity index (χ2n) is 16.5. The SMILES string of the molecule is CON=C(C(=O)NC1C(=O)N2C(C(=O)OC(c3ccccc3)c3ccccc3)=C(C=C(S)c3n[nH]c(=O)c(=O)n3CCOC(N)=O)CSC12)c1csc(NC(c2ccccc2)(c2ccccc2)c2ccccc2)n1. The molecule has 374 valence electrons. The average Bonchev–Trinajstić information content (AvgIpc) is 3.90. The number of aromatic nitrogens is 4. The first-order chi connectivity index (χ1) is 36.0. The van der Waals surface area contributed by atoms with Crippen LogP contribution in [0.2, 0.25) is 0 Å². The van der Waals surface area contributed by atoms with E-state index in [0.29, 0.717) is 16.3 Å². The van der Waals surface area contributed by atoms with Gasteiger partial charge in [-0.3, -0.25) is 28.6 Å². The van der Waals surface area contributed by atoms with Crippen molar-refractivity contribution in [3.63, 3.8) is 0 Å². The molecule has 2 unspecified atom stereocenters. The lowest BCUT2D eigenvalue weighted by Gasteiger charge is -2.49. The number of thiol groups is 1. The molecule has 4 heterocycles. The van der Waals surface area contributed by atoms with Crippen LogP contribution in [0.5, 0.6) is 0 Å². The van der Waals surface area contributed by atoms with Crippen LogP contribution in [0.15, 0.2) is 189 Å². The lowest BCUT2D eigenvalue weighted by molar-refractivity contribution is -0.154. The summed E-state index contributed by atoms with van der Waals surface area (Å²) in [6.07, 6.45) is -0.593. The van der Waals surface area contributed by atoms with Crippen molar-refractivity contribution in [1.29, 1.82) is 0 Å². The summed E-state index contributed by atoms with van der Waals surface area (Å²) >= 11 is 7.13. The van der Waals surface area contributed by atoms with Gasteiger partial charge in [0.05, 0.1) is 6.54 Å². The number of allylic oxidation sites excluding steroid dienone is 1. The van der Waals surface area contributed by atoms with Crippen LogP contribution in [0, 0.1) is 0 Å². The zero-order valence-electron chi connectivity index (χ0n) is 39.2. The first kappa shape index (κ1) is 50.4. The number of nitrogens with two attached hydrogens (primary N) is 1. The van der Waals surface area contributed by atoms with E-state index in [0.717, 1.165) is 21.3 Å². The molecule has 74 heavy (non-hydrogen) atoms. The summed E-state index contributed by atoms with van der Waals surface area (Å²) < 4.78 is 12.1. The number of carbonyl (C=O) groups is 4. The van der Waals surface area contributed by atoms with Gasteiger partial charge in [0.2, 0.25) is 0 Å². The number of amides is 3. The molecule has 21 heteroatoms. The van der Waals surface area contributed by atoms with Crippen LogP contribution in [0.3, 0.4) is 0 Å². The number of nitrogens with zero attached hydrogens (tertiary/aromatic N) is 5.